The molecule has 0 aliphatic carbocycles. The zero-order valence-electron chi connectivity index (χ0n) is 11.2. The van der Waals surface area contributed by atoms with Crippen molar-refractivity contribution >= 4 is 27.4 Å². The molecule has 0 radical (unpaired) electrons. The number of thiophene rings is 1. The van der Waals surface area contributed by atoms with E-state index in [9.17, 15) is 4.79 Å². The Morgan fingerprint density at radius 3 is 3.00 bits per heavy atom. The summed E-state index contributed by atoms with van der Waals surface area (Å²) in [5, 5.41) is 6.19. The van der Waals surface area contributed by atoms with Crippen LogP contribution in [0.4, 0.5) is 5.82 Å². The Bertz CT molecular complexity index is 821. The molecule has 0 fully saturated rings. The highest BCUT2D eigenvalue weighted by Gasteiger charge is 2.08. The molecule has 0 saturated heterocycles. The van der Waals surface area contributed by atoms with Crippen molar-refractivity contribution in [2.75, 3.05) is 5.32 Å². The van der Waals surface area contributed by atoms with E-state index in [0.717, 1.165) is 32.9 Å². The molecule has 0 aliphatic rings. The van der Waals surface area contributed by atoms with Crippen LogP contribution >= 0.6 is 11.3 Å². The fraction of sp³-hybridized carbons (Fsp3) is 0.214. The molecule has 0 unspecified atom stereocenters. The molecule has 102 valence electrons. The molecule has 6 heteroatoms. The molecule has 0 aliphatic heterocycles. The van der Waals surface area contributed by atoms with Gasteiger partial charge in [-0.15, -0.1) is 11.3 Å². The first kappa shape index (κ1) is 12.8. The number of aromatic nitrogens is 3. The summed E-state index contributed by atoms with van der Waals surface area (Å²) in [6.07, 6.45) is 1.54. The lowest BCUT2D eigenvalue weighted by molar-refractivity contribution is 1.00. The molecule has 0 bridgehead atoms. The zero-order chi connectivity index (χ0) is 14.1. The quantitative estimate of drug-likeness (QED) is 0.776. The van der Waals surface area contributed by atoms with Gasteiger partial charge in [-0.1, -0.05) is 0 Å². The molecule has 0 saturated carbocycles. The predicted molar refractivity (Wildman–Crippen MR) is 81.3 cm³/mol. The lowest BCUT2D eigenvalue weighted by Gasteiger charge is -2.09. The minimum atomic E-state index is -0.0504. The van der Waals surface area contributed by atoms with Gasteiger partial charge < -0.3 is 10.3 Å². The molecule has 3 rings (SSSR count). The molecular formula is C14H14N4OS. The fourth-order valence-corrected chi connectivity index (χ4v) is 2.94. The van der Waals surface area contributed by atoms with E-state index in [4.69, 9.17) is 0 Å². The zero-order valence-corrected chi connectivity index (χ0v) is 12.0. The minimum Gasteiger partial charge on any atom is -0.365 e. The lowest BCUT2D eigenvalue weighted by atomic mass is 10.1. The monoisotopic (exact) mass is 286 g/mol. The van der Waals surface area contributed by atoms with Gasteiger partial charge in [0, 0.05) is 17.8 Å². The molecule has 0 spiro atoms. The average molecular weight is 286 g/mol. The molecule has 3 heterocycles. The second kappa shape index (κ2) is 5.05. The van der Waals surface area contributed by atoms with E-state index in [-0.39, 0.29) is 5.56 Å². The Morgan fingerprint density at radius 2 is 2.20 bits per heavy atom. The van der Waals surface area contributed by atoms with Crippen molar-refractivity contribution in [2.45, 2.75) is 20.4 Å². The van der Waals surface area contributed by atoms with Crippen LogP contribution in [0.5, 0.6) is 0 Å². The average Bonchev–Trinajstić information content (AvgIpc) is 2.86. The normalized spacial score (nSPS) is 10.9. The Morgan fingerprint density at radius 1 is 1.35 bits per heavy atom. The van der Waals surface area contributed by atoms with Crippen molar-refractivity contribution in [1.29, 1.82) is 0 Å². The lowest BCUT2D eigenvalue weighted by Crippen LogP contribution is -2.18. The Kier molecular flexibility index (Phi) is 3.23. The van der Waals surface area contributed by atoms with Crippen LogP contribution in [-0.4, -0.2) is 15.0 Å². The number of hydrogen-bond acceptors (Lipinski definition) is 5. The van der Waals surface area contributed by atoms with Crippen LogP contribution < -0.4 is 10.9 Å². The van der Waals surface area contributed by atoms with Crippen LogP contribution in [0.15, 0.2) is 28.6 Å². The van der Waals surface area contributed by atoms with Crippen molar-refractivity contribution in [3.05, 3.63) is 51.0 Å². The van der Waals surface area contributed by atoms with Gasteiger partial charge in [-0.05, 0) is 36.9 Å². The van der Waals surface area contributed by atoms with E-state index < -0.39 is 0 Å². The number of pyridine rings is 1. The molecule has 0 aromatic carbocycles. The van der Waals surface area contributed by atoms with Crippen LogP contribution in [0, 0.1) is 13.8 Å². The van der Waals surface area contributed by atoms with Crippen molar-refractivity contribution in [3.8, 4) is 0 Å². The minimum absolute atomic E-state index is 0.0504. The van der Waals surface area contributed by atoms with E-state index in [1.54, 1.807) is 11.3 Å². The van der Waals surface area contributed by atoms with Crippen LogP contribution in [0.3, 0.4) is 0 Å². The smallest absolute Gasteiger partial charge is 0.253 e. The van der Waals surface area contributed by atoms with Gasteiger partial charge in [0.05, 0.1) is 5.39 Å². The summed E-state index contributed by atoms with van der Waals surface area (Å²) < 4.78 is 0. The summed E-state index contributed by atoms with van der Waals surface area (Å²) in [4.78, 5) is 24.2. The van der Waals surface area contributed by atoms with Crippen LogP contribution in [0.2, 0.25) is 0 Å². The van der Waals surface area contributed by atoms with Gasteiger partial charge in [0.15, 0.2) is 0 Å². The van der Waals surface area contributed by atoms with Gasteiger partial charge in [-0.2, -0.15) is 0 Å². The summed E-state index contributed by atoms with van der Waals surface area (Å²) in [6.45, 7) is 4.27. The van der Waals surface area contributed by atoms with E-state index >= 15 is 0 Å². The van der Waals surface area contributed by atoms with Crippen molar-refractivity contribution in [1.82, 2.24) is 15.0 Å². The number of hydrogen-bond donors (Lipinski definition) is 2. The summed E-state index contributed by atoms with van der Waals surface area (Å²) in [5.74, 6) is 0.760. The summed E-state index contributed by atoms with van der Waals surface area (Å²) in [7, 11) is 0. The second-order valence-corrected chi connectivity index (χ2v) is 5.55. The summed E-state index contributed by atoms with van der Waals surface area (Å²) in [5.41, 5.74) is 2.54. The number of aromatic amines is 1. The van der Waals surface area contributed by atoms with Crippen LogP contribution in [0.25, 0.3) is 10.2 Å². The number of nitrogens with zero attached hydrogens (tertiary/aromatic N) is 2. The van der Waals surface area contributed by atoms with E-state index in [1.165, 1.54) is 6.33 Å². The number of anilines is 1. The van der Waals surface area contributed by atoms with Crippen molar-refractivity contribution in [3.63, 3.8) is 0 Å². The van der Waals surface area contributed by atoms with Crippen LogP contribution in [-0.2, 0) is 6.54 Å². The highest BCUT2D eigenvalue weighted by Crippen LogP contribution is 2.23. The van der Waals surface area contributed by atoms with Crippen molar-refractivity contribution < 1.29 is 0 Å². The van der Waals surface area contributed by atoms with Gasteiger partial charge in [-0.3, -0.25) is 4.79 Å². The fourth-order valence-electron chi connectivity index (χ4n) is 2.20. The first-order valence-electron chi connectivity index (χ1n) is 6.26. The van der Waals surface area contributed by atoms with Crippen molar-refractivity contribution in [2.24, 2.45) is 0 Å². The van der Waals surface area contributed by atoms with Gasteiger partial charge in [0.1, 0.15) is 17.0 Å². The third kappa shape index (κ3) is 2.30. The van der Waals surface area contributed by atoms with Gasteiger partial charge in [0.25, 0.3) is 5.56 Å². The summed E-state index contributed by atoms with van der Waals surface area (Å²) >= 11 is 1.57. The number of aryl methyl sites for hydroxylation is 2. The summed E-state index contributed by atoms with van der Waals surface area (Å²) in [6, 6.07) is 3.95. The number of H-pyrrole nitrogens is 1. The molecule has 5 nitrogen and oxygen atoms in total. The van der Waals surface area contributed by atoms with Gasteiger partial charge >= 0.3 is 0 Å². The topological polar surface area (TPSA) is 70.7 Å². The maximum atomic E-state index is 12.0. The molecule has 3 aromatic heterocycles. The van der Waals surface area contributed by atoms with E-state index in [2.05, 4.69) is 20.3 Å². The molecule has 20 heavy (non-hydrogen) atoms. The third-order valence-electron chi connectivity index (χ3n) is 3.19. The predicted octanol–water partition coefficient (Wildman–Crippen LogP) is 2.61. The maximum Gasteiger partial charge on any atom is 0.253 e. The first-order valence-corrected chi connectivity index (χ1v) is 7.14. The number of nitrogens with one attached hydrogen (secondary N) is 2. The Balaban J connectivity index is 1.91. The Labute approximate surface area is 119 Å². The van der Waals surface area contributed by atoms with E-state index in [0.29, 0.717) is 6.54 Å². The van der Waals surface area contributed by atoms with E-state index in [1.807, 2.05) is 31.4 Å². The molecule has 0 amide bonds. The number of rotatable bonds is 3. The largest absolute Gasteiger partial charge is 0.365 e. The molecule has 0 atom stereocenters. The molecule has 3 aromatic rings. The second-order valence-electron chi connectivity index (χ2n) is 4.66. The highest BCUT2D eigenvalue weighted by molar-refractivity contribution is 7.16. The third-order valence-corrected chi connectivity index (χ3v) is 4.01. The highest BCUT2D eigenvalue weighted by atomic mass is 32.1. The SMILES string of the molecule is Cc1cc(C)c(CNc2ncnc3sccc23)c(=O)[nH]1. The van der Waals surface area contributed by atoms with Gasteiger partial charge in [-0.25, -0.2) is 9.97 Å². The Hall–Kier alpha value is -2.21. The number of fused-ring (bicyclic) bond motifs is 1. The standard InChI is InChI=1S/C14H14N4OS/c1-8-5-9(2)18-13(19)11(8)6-15-12-10-3-4-20-14(10)17-7-16-12/h3-5,7H,6H2,1-2H3,(H,18,19)(H,15,16,17). The van der Waals surface area contributed by atoms with Crippen LogP contribution in [0.1, 0.15) is 16.8 Å². The van der Waals surface area contributed by atoms with Gasteiger partial charge in [0.2, 0.25) is 0 Å². The molecule has 2 N–H and O–H groups in total. The maximum absolute atomic E-state index is 12.0. The first-order chi connectivity index (χ1) is 9.65. The molecular weight excluding hydrogens is 272 g/mol.